The SMILES string of the molecule is Cc1cc(C(=O)OCC(=O)Nc2ccccc2C(=O)c2ccccc2)c2cnn(C(C)C)c2n1. The second-order valence-corrected chi connectivity index (χ2v) is 8.10. The van der Waals surface area contributed by atoms with Gasteiger partial charge in [0.15, 0.2) is 18.0 Å². The fourth-order valence-corrected chi connectivity index (χ4v) is 3.62. The van der Waals surface area contributed by atoms with Crippen molar-refractivity contribution >= 4 is 34.4 Å². The third-order valence-electron chi connectivity index (χ3n) is 5.22. The molecule has 4 rings (SSSR count). The van der Waals surface area contributed by atoms with E-state index in [9.17, 15) is 14.4 Å². The summed E-state index contributed by atoms with van der Waals surface area (Å²) in [5.41, 5.74) is 2.72. The Labute approximate surface area is 196 Å². The Hall–Kier alpha value is -4.33. The molecule has 1 amide bonds. The monoisotopic (exact) mass is 456 g/mol. The minimum absolute atomic E-state index is 0.0695. The molecule has 34 heavy (non-hydrogen) atoms. The van der Waals surface area contributed by atoms with E-state index in [4.69, 9.17) is 4.74 Å². The van der Waals surface area contributed by atoms with Crippen molar-refractivity contribution < 1.29 is 19.1 Å². The lowest BCUT2D eigenvalue weighted by Gasteiger charge is -2.11. The van der Waals surface area contributed by atoms with Crippen LogP contribution in [0, 0.1) is 6.92 Å². The third kappa shape index (κ3) is 4.71. The second-order valence-electron chi connectivity index (χ2n) is 8.10. The predicted octanol–water partition coefficient (Wildman–Crippen LogP) is 4.35. The maximum Gasteiger partial charge on any atom is 0.339 e. The van der Waals surface area contributed by atoms with Crippen molar-refractivity contribution in [1.29, 1.82) is 0 Å². The fraction of sp³-hybridized carbons (Fsp3) is 0.192. The number of ketones is 1. The minimum atomic E-state index is -0.650. The molecule has 2 aromatic carbocycles. The zero-order valence-corrected chi connectivity index (χ0v) is 19.1. The first kappa shape index (κ1) is 22.8. The molecule has 0 atom stereocenters. The first-order chi connectivity index (χ1) is 16.3. The van der Waals surface area contributed by atoms with E-state index in [2.05, 4.69) is 15.4 Å². The molecule has 4 aromatic rings. The third-order valence-corrected chi connectivity index (χ3v) is 5.22. The smallest absolute Gasteiger partial charge is 0.339 e. The molecule has 172 valence electrons. The van der Waals surface area contributed by atoms with Gasteiger partial charge in [-0.2, -0.15) is 5.10 Å². The van der Waals surface area contributed by atoms with Gasteiger partial charge in [-0.1, -0.05) is 42.5 Å². The molecule has 2 heterocycles. The zero-order chi connectivity index (χ0) is 24.2. The number of hydrogen-bond acceptors (Lipinski definition) is 6. The van der Waals surface area contributed by atoms with Gasteiger partial charge in [-0.25, -0.2) is 14.5 Å². The number of ether oxygens (including phenoxy) is 1. The van der Waals surface area contributed by atoms with Gasteiger partial charge in [-0.05, 0) is 39.0 Å². The van der Waals surface area contributed by atoms with Crippen LogP contribution in [-0.4, -0.2) is 39.0 Å². The lowest BCUT2D eigenvalue weighted by Crippen LogP contribution is -2.22. The predicted molar refractivity (Wildman–Crippen MR) is 128 cm³/mol. The number of aryl methyl sites for hydroxylation is 1. The standard InChI is InChI=1S/C26H24N4O4/c1-16(2)30-25-21(14-27-30)20(13-17(3)28-25)26(33)34-15-23(31)29-22-12-8-7-11-19(22)24(32)18-9-5-4-6-10-18/h4-14,16H,15H2,1-3H3,(H,29,31). The number of hydrogen-bond donors (Lipinski definition) is 1. The van der Waals surface area contributed by atoms with Gasteiger partial charge in [-0.3, -0.25) is 9.59 Å². The number of esters is 1. The van der Waals surface area contributed by atoms with E-state index in [-0.39, 0.29) is 11.8 Å². The Morgan fingerprint density at radius 1 is 1.00 bits per heavy atom. The lowest BCUT2D eigenvalue weighted by molar-refractivity contribution is -0.119. The number of benzene rings is 2. The number of anilines is 1. The van der Waals surface area contributed by atoms with Gasteiger partial charge in [0.25, 0.3) is 5.91 Å². The normalized spacial score (nSPS) is 10.9. The number of nitrogens with one attached hydrogen (secondary N) is 1. The number of rotatable bonds is 7. The summed E-state index contributed by atoms with van der Waals surface area (Å²) in [5, 5.41) is 7.55. The van der Waals surface area contributed by atoms with Crippen LogP contribution in [0.1, 0.15) is 51.9 Å². The van der Waals surface area contributed by atoms with E-state index in [0.29, 0.717) is 39.1 Å². The van der Waals surface area contributed by atoms with Crippen LogP contribution in [0.5, 0.6) is 0 Å². The highest BCUT2D eigenvalue weighted by Crippen LogP contribution is 2.22. The molecule has 0 radical (unpaired) electrons. The number of amides is 1. The molecule has 0 aliphatic heterocycles. The van der Waals surface area contributed by atoms with Crippen molar-refractivity contribution in [2.45, 2.75) is 26.8 Å². The molecule has 0 bridgehead atoms. The Bertz CT molecular complexity index is 1380. The highest BCUT2D eigenvalue weighted by Gasteiger charge is 2.20. The topological polar surface area (TPSA) is 103 Å². The summed E-state index contributed by atoms with van der Waals surface area (Å²) < 4.78 is 7.01. The molecule has 0 fully saturated rings. The molecular formula is C26H24N4O4. The Morgan fingerprint density at radius 2 is 1.71 bits per heavy atom. The average molecular weight is 457 g/mol. The van der Waals surface area contributed by atoms with Gasteiger partial charge >= 0.3 is 5.97 Å². The molecule has 0 unspecified atom stereocenters. The number of carbonyl (C=O) groups is 3. The number of para-hydroxylation sites is 1. The van der Waals surface area contributed by atoms with Gasteiger partial charge in [0.05, 0.1) is 22.8 Å². The van der Waals surface area contributed by atoms with Crippen molar-refractivity contribution in [1.82, 2.24) is 14.8 Å². The first-order valence-electron chi connectivity index (χ1n) is 10.9. The molecule has 8 nitrogen and oxygen atoms in total. The molecule has 0 spiro atoms. The van der Waals surface area contributed by atoms with Gasteiger partial charge in [-0.15, -0.1) is 0 Å². The molecule has 0 saturated heterocycles. The lowest BCUT2D eigenvalue weighted by atomic mass is 10.0. The summed E-state index contributed by atoms with van der Waals surface area (Å²) in [7, 11) is 0. The van der Waals surface area contributed by atoms with Gasteiger partial charge in [0.2, 0.25) is 0 Å². The van der Waals surface area contributed by atoms with E-state index in [1.165, 1.54) is 0 Å². The minimum Gasteiger partial charge on any atom is -0.452 e. The summed E-state index contributed by atoms with van der Waals surface area (Å²) >= 11 is 0. The van der Waals surface area contributed by atoms with Gasteiger partial charge in [0, 0.05) is 22.9 Å². The quantitative estimate of drug-likeness (QED) is 0.328. The summed E-state index contributed by atoms with van der Waals surface area (Å²) in [4.78, 5) is 42.7. The Morgan fingerprint density at radius 3 is 2.44 bits per heavy atom. The maximum atomic E-state index is 12.9. The van der Waals surface area contributed by atoms with Crippen molar-refractivity contribution in [3.8, 4) is 0 Å². The molecule has 2 aromatic heterocycles. The zero-order valence-electron chi connectivity index (χ0n) is 19.1. The summed E-state index contributed by atoms with van der Waals surface area (Å²) in [6, 6.07) is 17.2. The molecule has 0 saturated carbocycles. The van der Waals surface area contributed by atoms with Crippen LogP contribution in [-0.2, 0) is 9.53 Å². The Balaban J connectivity index is 1.48. The summed E-state index contributed by atoms with van der Waals surface area (Å²) in [5.74, 6) is -1.42. The van der Waals surface area contributed by atoms with Crippen molar-refractivity contribution in [3.05, 3.63) is 89.2 Å². The molecule has 8 heteroatoms. The first-order valence-corrected chi connectivity index (χ1v) is 10.9. The second kappa shape index (κ2) is 9.66. The highest BCUT2D eigenvalue weighted by molar-refractivity contribution is 6.14. The fourth-order valence-electron chi connectivity index (χ4n) is 3.62. The number of pyridine rings is 1. The number of aromatic nitrogens is 3. The van der Waals surface area contributed by atoms with Crippen LogP contribution < -0.4 is 5.32 Å². The van der Waals surface area contributed by atoms with E-state index < -0.39 is 18.5 Å². The van der Waals surface area contributed by atoms with Crippen LogP contribution in [0.15, 0.2) is 66.9 Å². The van der Waals surface area contributed by atoms with E-state index >= 15 is 0 Å². The van der Waals surface area contributed by atoms with E-state index in [1.54, 1.807) is 72.4 Å². The van der Waals surface area contributed by atoms with E-state index in [0.717, 1.165) is 0 Å². The highest BCUT2D eigenvalue weighted by atomic mass is 16.5. The van der Waals surface area contributed by atoms with Crippen LogP contribution in [0.25, 0.3) is 11.0 Å². The number of carbonyl (C=O) groups excluding carboxylic acids is 3. The number of fused-ring (bicyclic) bond motifs is 1. The van der Waals surface area contributed by atoms with Crippen LogP contribution in [0.4, 0.5) is 5.69 Å². The van der Waals surface area contributed by atoms with E-state index in [1.807, 2.05) is 19.9 Å². The average Bonchev–Trinajstić information content (AvgIpc) is 3.26. The van der Waals surface area contributed by atoms with Crippen LogP contribution in [0.3, 0.4) is 0 Å². The largest absolute Gasteiger partial charge is 0.452 e. The summed E-state index contributed by atoms with van der Waals surface area (Å²) in [6.45, 7) is 5.22. The van der Waals surface area contributed by atoms with Crippen molar-refractivity contribution in [2.75, 3.05) is 11.9 Å². The maximum absolute atomic E-state index is 12.9. The van der Waals surface area contributed by atoms with Crippen molar-refractivity contribution in [2.24, 2.45) is 0 Å². The molecule has 0 aliphatic carbocycles. The van der Waals surface area contributed by atoms with Crippen LogP contribution >= 0.6 is 0 Å². The van der Waals surface area contributed by atoms with Gasteiger partial charge < -0.3 is 10.1 Å². The van der Waals surface area contributed by atoms with Gasteiger partial charge in [0.1, 0.15) is 0 Å². The Kier molecular flexibility index (Phi) is 6.49. The molecule has 0 aliphatic rings. The summed E-state index contributed by atoms with van der Waals surface area (Å²) in [6.07, 6.45) is 1.57. The number of nitrogens with zero attached hydrogens (tertiary/aromatic N) is 3. The molecular weight excluding hydrogens is 432 g/mol. The van der Waals surface area contributed by atoms with Crippen molar-refractivity contribution in [3.63, 3.8) is 0 Å². The molecule has 1 N–H and O–H groups in total. The van der Waals surface area contributed by atoms with Crippen LogP contribution in [0.2, 0.25) is 0 Å².